The van der Waals surface area contributed by atoms with E-state index < -0.39 is 11.3 Å². The minimum atomic E-state index is -2.35. The molecule has 8 heavy (non-hydrogen) atoms. The van der Waals surface area contributed by atoms with Gasteiger partial charge in [-0.05, 0) is 6.42 Å². The first-order valence-corrected chi connectivity index (χ1v) is 2.90. The van der Waals surface area contributed by atoms with Gasteiger partial charge in [0.2, 0.25) is 0 Å². The lowest BCUT2D eigenvalue weighted by atomic mass is 10.1. The number of rotatable bonds is 1. The van der Waals surface area contributed by atoms with Crippen molar-refractivity contribution < 1.29 is 8.78 Å². The smallest absolute Gasteiger partial charge is 0.206 e. The lowest BCUT2D eigenvalue weighted by Gasteiger charge is -2.02. The molecule has 0 aromatic rings. The highest BCUT2D eigenvalue weighted by Crippen LogP contribution is 2.62. The van der Waals surface area contributed by atoms with Gasteiger partial charge >= 0.3 is 0 Å². The molecule has 0 aliphatic heterocycles. The van der Waals surface area contributed by atoms with Crippen molar-refractivity contribution in [2.75, 3.05) is 0 Å². The van der Waals surface area contributed by atoms with E-state index in [1.807, 2.05) is 0 Å². The number of alkyl halides is 2. The fourth-order valence-electron chi connectivity index (χ4n) is 0.829. The Morgan fingerprint density at radius 1 is 1.50 bits per heavy atom. The molecule has 48 valence electrons. The van der Waals surface area contributed by atoms with E-state index in [-0.39, 0.29) is 6.42 Å². The number of halogens is 2. The summed E-state index contributed by atoms with van der Waals surface area (Å²) < 4.78 is 24.4. The Labute approximate surface area is 47.9 Å². The van der Waals surface area contributed by atoms with Gasteiger partial charge in [0.15, 0.2) is 0 Å². The highest BCUT2D eigenvalue weighted by Gasteiger charge is 2.66. The Morgan fingerprint density at radius 2 is 1.88 bits per heavy atom. The van der Waals surface area contributed by atoms with Crippen molar-refractivity contribution in [2.45, 2.75) is 32.6 Å². The van der Waals surface area contributed by atoms with Crippen molar-refractivity contribution in [3.63, 3.8) is 0 Å². The third kappa shape index (κ3) is 0.550. The molecule has 0 saturated heterocycles. The first-order chi connectivity index (χ1) is 3.52. The second kappa shape index (κ2) is 1.23. The molecule has 1 rings (SSSR count). The average Bonchev–Trinajstić information content (AvgIpc) is 2.10. The summed E-state index contributed by atoms with van der Waals surface area (Å²) in [5.41, 5.74) is -0.646. The largest absolute Gasteiger partial charge is 0.254 e. The molecular formula is C6H10F2. The Morgan fingerprint density at radius 3 is 1.88 bits per heavy atom. The molecule has 0 amide bonds. The Kier molecular flexibility index (Phi) is 0.918. The van der Waals surface area contributed by atoms with Crippen molar-refractivity contribution in [1.29, 1.82) is 0 Å². The molecule has 0 aromatic heterocycles. The molecule has 0 unspecified atom stereocenters. The molecule has 1 aliphatic rings. The predicted octanol–water partition coefficient (Wildman–Crippen LogP) is 2.44. The molecule has 0 aromatic carbocycles. The summed E-state index contributed by atoms with van der Waals surface area (Å²) in [5.74, 6) is -2.35. The van der Waals surface area contributed by atoms with Crippen LogP contribution < -0.4 is 0 Å². The summed E-state index contributed by atoms with van der Waals surface area (Å²) in [6.07, 6.45) is 0.691. The molecule has 2 heteroatoms. The van der Waals surface area contributed by atoms with Gasteiger partial charge in [-0.3, -0.25) is 0 Å². The van der Waals surface area contributed by atoms with Crippen molar-refractivity contribution >= 4 is 0 Å². The molecule has 0 spiro atoms. The normalized spacial score (nSPS) is 42.0. The van der Waals surface area contributed by atoms with Gasteiger partial charge in [-0.25, -0.2) is 8.78 Å². The van der Waals surface area contributed by atoms with Crippen molar-refractivity contribution in [1.82, 2.24) is 0 Å². The van der Waals surface area contributed by atoms with Crippen LogP contribution >= 0.6 is 0 Å². The van der Waals surface area contributed by atoms with Crippen LogP contribution in [0.15, 0.2) is 0 Å². The van der Waals surface area contributed by atoms with Crippen LogP contribution in [0.4, 0.5) is 8.78 Å². The van der Waals surface area contributed by atoms with E-state index in [0.717, 1.165) is 0 Å². The monoisotopic (exact) mass is 120 g/mol. The molecule has 0 radical (unpaired) electrons. The van der Waals surface area contributed by atoms with Crippen LogP contribution in [-0.2, 0) is 0 Å². The SMILES string of the molecule is CC[C@]1(C)CC1(F)F. The fourth-order valence-corrected chi connectivity index (χ4v) is 0.829. The summed E-state index contributed by atoms with van der Waals surface area (Å²) >= 11 is 0. The van der Waals surface area contributed by atoms with Crippen molar-refractivity contribution in [3.05, 3.63) is 0 Å². The molecule has 1 fully saturated rings. The molecule has 0 heterocycles. The van der Waals surface area contributed by atoms with Gasteiger partial charge in [0, 0.05) is 11.8 Å². The van der Waals surface area contributed by atoms with E-state index in [9.17, 15) is 8.78 Å². The molecule has 1 atom stereocenters. The highest BCUT2D eigenvalue weighted by atomic mass is 19.3. The number of hydrogen-bond donors (Lipinski definition) is 0. The summed E-state index contributed by atoms with van der Waals surface area (Å²) in [5, 5.41) is 0. The highest BCUT2D eigenvalue weighted by molar-refractivity contribution is 5.05. The van der Waals surface area contributed by atoms with Crippen LogP contribution in [0, 0.1) is 5.41 Å². The summed E-state index contributed by atoms with van der Waals surface area (Å²) in [4.78, 5) is 0. The third-order valence-electron chi connectivity index (χ3n) is 2.15. The van der Waals surface area contributed by atoms with E-state index in [0.29, 0.717) is 6.42 Å². The quantitative estimate of drug-likeness (QED) is 0.498. The maximum Gasteiger partial charge on any atom is 0.254 e. The van der Waals surface area contributed by atoms with Crippen molar-refractivity contribution in [3.8, 4) is 0 Å². The van der Waals surface area contributed by atoms with Crippen LogP contribution in [0.5, 0.6) is 0 Å². The lowest BCUT2D eigenvalue weighted by molar-refractivity contribution is 0.0687. The minimum Gasteiger partial charge on any atom is -0.206 e. The van der Waals surface area contributed by atoms with Crippen LogP contribution in [0.3, 0.4) is 0 Å². The molecule has 0 N–H and O–H groups in total. The topological polar surface area (TPSA) is 0 Å². The zero-order valence-corrected chi connectivity index (χ0v) is 5.17. The van der Waals surface area contributed by atoms with Gasteiger partial charge in [0.25, 0.3) is 5.92 Å². The third-order valence-corrected chi connectivity index (χ3v) is 2.15. The van der Waals surface area contributed by atoms with E-state index in [1.54, 1.807) is 13.8 Å². The molecule has 0 nitrogen and oxygen atoms in total. The van der Waals surface area contributed by atoms with Gasteiger partial charge in [-0.2, -0.15) is 0 Å². The Bertz CT molecular complexity index is 109. The second-order valence-electron chi connectivity index (χ2n) is 2.80. The fraction of sp³-hybridized carbons (Fsp3) is 1.00. The molecular weight excluding hydrogens is 110 g/mol. The standard InChI is InChI=1S/C6H10F2/c1-3-5(2)4-6(5,7)8/h3-4H2,1-2H3/t5-/m1/s1. The van der Waals surface area contributed by atoms with Crippen molar-refractivity contribution in [2.24, 2.45) is 5.41 Å². The van der Waals surface area contributed by atoms with Crippen LogP contribution in [-0.4, -0.2) is 5.92 Å². The molecule has 0 bridgehead atoms. The average molecular weight is 120 g/mol. The maximum atomic E-state index is 12.2. The van der Waals surface area contributed by atoms with Gasteiger partial charge in [-0.15, -0.1) is 0 Å². The van der Waals surface area contributed by atoms with Gasteiger partial charge in [-0.1, -0.05) is 13.8 Å². The Hall–Kier alpha value is -0.140. The van der Waals surface area contributed by atoms with Crippen LogP contribution in [0.1, 0.15) is 26.7 Å². The number of hydrogen-bond acceptors (Lipinski definition) is 0. The summed E-state index contributed by atoms with van der Waals surface area (Å²) in [7, 11) is 0. The zero-order chi connectivity index (χ0) is 6.41. The van der Waals surface area contributed by atoms with E-state index >= 15 is 0 Å². The van der Waals surface area contributed by atoms with Crippen LogP contribution in [0.25, 0.3) is 0 Å². The lowest BCUT2D eigenvalue weighted by Crippen LogP contribution is -2.03. The second-order valence-corrected chi connectivity index (χ2v) is 2.80. The van der Waals surface area contributed by atoms with Gasteiger partial charge < -0.3 is 0 Å². The Balaban J connectivity index is 2.55. The van der Waals surface area contributed by atoms with Gasteiger partial charge in [0.1, 0.15) is 0 Å². The van der Waals surface area contributed by atoms with E-state index in [1.165, 1.54) is 0 Å². The van der Waals surface area contributed by atoms with Crippen LogP contribution in [0.2, 0.25) is 0 Å². The predicted molar refractivity (Wildman–Crippen MR) is 28.0 cm³/mol. The summed E-state index contributed by atoms with van der Waals surface area (Å²) in [6, 6.07) is 0. The minimum absolute atomic E-state index is 0.0938. The van der Waals surface area contributed by atoms with E-state index in [2.05, 4.69) is 0 Å². The first-order valence-electron chi connectivity index (χ1n) is 2.90. The summed E-state index contributed by atoms with van der Waals surface area (Å²) in [6.45, 7) is 3.44. The van der Waals surface area contributed by atoms with Gasteiger partial charge in [0.05, 0.1) is 0 Å². The maximum absolute atomic E-state index is 12.2. The zero-order valence-electron chi connectivity index (χ0n) is 5.17. The van der Waals surface area contributed by atoms with E-state index in [4.69, 9.17) is 0 Å². The molecule has 1 aliphatic carbocycles. The molecule has 1 saturated carbocycles. The first kappa shape index (κ1) is 5.99.